The van der Waals surface area contributed by atoms with Crippen LogP contribution in [0.3, 0.4) is 0 Å². The summed E-state index contributed by atoms with van der Waals surface area (Å²) in [4.78, 5) is 10.7. The van der Waals surface area contributed by atoms with Gasteiger partial charge in [-0.15, -0.1) is 0 Å². The molecular formula is C16H20N4O2. The van der Waals surface area contributed by atoms with E-state index in [0.29, 0.717) is 5.95 Å². The van der Waals surface area contributed by atoms with Crippen LogP contribution in [0.1, 0.15) is 16.8 Å². The van der Waals surface area contributed by atoms with Crippen molar-refractivity contribution < 1.29 is 9.47 Å². The maximum atomic E-state index is 5.76. The summed E-state index contributed by atoms with van der Waals surface area (Å²) in [6.07, 6.45) is 0.929. The van der Waals surface area contributed by atoms with Gasteiger partial charge in [-0.2, -0.15) is 4.98 Å². The molecule has 0 spiro atoms. The van der Waals surface area contributed by atoms with E-state index in [4.69, 9.17) is 15.2 Å². The van der Waals surface area contributed by atoms with Gasteiger partial charge in [-0.25, -0.2) is 4.98 Å². The first-order valence-corrected chi connectivity index (χ1v) is 7.20. The zero-order valence-corrected chi connectivity index (χ0v) is 13.1. The molecule has 0 radical (unpaired) electrons. The van der Waals surface area contributed by atoms with Crippen LogP contribution in [0, 0.1) is 6.92 Å². The van der Waals surface area contributed by atoms with Crippen molar-refractivity contribution in [2.45, 2.75) is 19.9 Å². The number of rotatable bonds is 3. The number of nitrogens with zero attached hydrogens (tertiary/aromatic N) is 3. The standard InChI is InChI=1S/C16H20N4O2/c1-10-6-15(19-16(17)18-10)20-5-4-11-7-13(21-2)14(22-3)8-12(11)9-20/h6-8H,4-5,9H2,1-3H3,(H2,17,18,19). The van der Waals surface area contributed by atoms with Crippen molar-refractivity contribution in [3.05, 3.63) is 35.0 Å². The van der Waals surface area contributed by atoms with Crippen molar-refractivity contribution in [3.8, 4) is 11.5 Å². The molecule has 2 heterocycles. The molecule has 2 N–H and O–H groups in total. The number of fused-ring (bicyclic) bond motifs is 1. The van der Waals surface area contributed by atoms with Crippen molar-refractivity contribution in [3.63, 3.8) is 0 Å². The third-order valence-electron chi connectivity index (χ3n) is 3.90. The largest absolute Gasteiger partial charge is 0.493 e. The lowest BCUT2D eigenvalue weighted by Gasteiger charge is -2.30. The second-order valence-electron chi connectivity index (χ2n) is 5.37. The molecular weight excluding hydrogens is 280 g/mol. The van der Waals surface area contributed by atoms with Gasteiger partial charge in [0, 0.05) is 24.8 Å². The fourth-order valence-corrected chi connectivity index (χ4v) is 2.82. The number of nitrogens with two attached hydrogens (primary N) is 1. The average Bonchev–Trinajstić information content (AvgIpc) is 2.52. The smallest absolute Gasteiger partial charge is 0.222 e. The highest BCUT2D eigenvalue weighted by Gasteiger charge is 2.20. The van der Waals surface area contributed by atoms with E-state index in [1.54, 1.807) is 14.2 Å². The monoisotopic (exact) mass is 300 g/mol. The Morgan fingerprint density at radius 3 is 2.36 bits per heavy atom. The van der Waals surface area contributed by atoms with E-state index in [-0.39, 0.29) is 0 Å². The number of nitrogen functional groups attached to an aromatic ring is 1. The van der Waals surface area contributed by atoms with Crippen molar-refractivity contribution >= 4 is 11.8 Å². The first-order chi connectivity index (χ1) is 10.6. The Hall–Kier alpha value is -2.50. The van der Waals surface area contributed by atoms with Crippen LogP contribution in [0.25, 0.3) is 0 Å². The van der Waals surface area contributed by atoms with Crippen molar-refractivity contribution in [2.75, 3.05) is 31.4 Å². The van der Waals surface area contributed by atoms with E-state index in [0.717, 1.165) is 42.5 Å². The number of aryl methyl sites for hydroxylation is 1. The van der Waals surface area contributed by atoms with E-state index >= 15 is 0 Å². The summed E-state index contributed by atoms with van der Waals surface area (Å²) in [5, 5.41) is 0. The molecule has 6 heteroatoms. The topological polar surface area (TPSA) is 73.5 Å². The summed E-state index contributed by atoms with van der Waals surface area (Å²) in [5.74, 6) is 2.71. The third kappa shape index (κ3) is 2.64. The second-order valence-corrected chi connectivity index (χ2v) is 5.37. The zero-order chi connectivity index (χ0) is 15.7. The highest BCUT2D eigenvalue weighted by Crippen LogP contribution is 2.34. The molecule has 0 saturated heterocycles. The number of hydrogen-bond acceptors (Lipinski definition) is 6. The Morgan fingerprint density at radius 2 is 1.73 bits per heavy atom. The molecule has 0 atom stereocenters. The predicted octanol–water partition coefficient (Wildman–Crippen LogP) is 1.95. The lowest BCUT2D eigenvalue weighted by molar-refractivity contribution is 0.353. The first-order valence-electron chi connectivity index (χ1n) is 7.20. The van der Waals surface area contributed by atoms with Crippen LogP contribution in [-0.4, -0.2) is 30.7 Å². The maximum absolute atomic E-state index is 5.76. The Kier molecular flexibility index (Phi) is 3.75. The lowest BCUT2D eigenvalue weighted by Crippen LogP contribution is -2.31. The van der Waals surface area contributed by atoms with Crippen molar-refractivity contribution in [1.29, 1.82) is 0 Å². The molecule has 116 valence electrons. The number of aromatic nitrogens is 2. The van der Waals surface area contributed by atoms with Crippen molar-refractivity contribution in [1.82, 2.24) is 9.97 Å². The molecule has 1 aromatic heterocycles. The fraction of sp³-hybridized carbons (Fsp3) is 0.375. The van der Waals surface area contributed by atoms with E-state index < -0.39 is 0 Å². The molecule has 0 unspecified atom stereocenters. The Labute approximate surface area is 129 Å². The molecule has 3 rings (SSSR count). The molecule has 1 aliphatic heterocycles. The number of methoxy groups -OCH3 is 2. The van der Waals surface area contributed by atoms with Crippen LogP contribution in [0.4, 0.5) is 11.8 Å². The van der Waals surface area contributed by atoms with E-state index in [1.165, 1.54) is 11.1 Å². The normalized spacial score (nSPS) is 13.7. The van der Waals surface area contributed by atoms with Crippen LogP contribution in [0.15, 0.2) is 18.2 Å². The third-order valence-corrected chi connectivity index (χ3v) is 3.90. The number of ether oxygens (including phenoxy) is 2. The van der Waals surface area contributed by atoms with Crippen LogP contribution in [-0.2, 0) is 13.0 Å². The maximum Gasteiger partial charge on any atom is 0.222 e. The molecule has 1 aliphatic rings. The van der Waals surface area contributed by atoms with Gasteiger partial charge in [-0.1, -0.05) is 0 Å². The molecule has 6 nitrogen and oxygen atoms in total. The van der Waals surface area contributed by atoms with Gasteiger partial charge >= 0.3 is 0 Å². The molecule has 0 fully saturated rings. The molecule has 0 amide bonds. The van der Waals surface area contributed by atoms with Crippen LogP contribution < -0.4 is 20.1 Å². The summed E-state index contributed by atoms with van der Waals surface area (Å²) >= 11 is 0. The van der Waals surface area contributed by atoms with Crippen LogP contribution in [0.5, 0.6) is 11.5 Å². The highest BCUT2D eigenvalue weighted by molar-refractivity contribution is 5.52. The van der Waals surface area contributed by atoms with Gasteiger partial charge in [0.2, 0.25) is 5.95 Å². The quantitative estimate of drug-likeness (QED) is 0.934. The summed E-state index contributed by atoms with van der Waals surface area (Å²) in [6.45, 7) is 3.58. The molecule has 0 aliphatic carbocycles. The minimum Gasteiger partial charge on any atom is -0.493 e. The summed E-state index contributed by atoms with van der Waals surface area (Å²) in [6, 6.07) is 6.06. The summed E-state index contributed by atoms with van der Waals surface area (Å²) < 4.78 is 10.8. The van der Waals surface area contributed by atoms with Crippen LogP contribution >= 0.6 is 0 Å². The van der Waals surface area contributed by atoms with Gasteiger partial charge in [0.15, 0.2) is 11.5 Å². The van der Waals surface area contributed by atoms with Gasteiger partial charge in [-0.3, -0.25) is 0 Å². The van der Waals surface area contributed by atoms with E-state index in [1.807, 2.05) is 19.1 Å². The van der Waals surface area contributed by atoms with Gasteiger partial charge in [0.05, 0.1) is 14.2 Å². The Bertz CT molecular complexity index is 683. The predicted molar refractivity (Wildman–Crippen MR) is 85.5 cm³/mol. The molecule has 0 saturated carbocycles. The number of anilines is 2. The lowest BCUT2D eigenvalue weighted by atomic mass is 9.99. The summed E-state index contributed by atoms with van der Waals surface area (Å²) in [5.41, 5.74) is 9.14. The SMILES string of the molecule is COc1cc2c(cc1OC)CN(c1cc(C)nc(N)n1)CC2. The Morgan fingerprint density at radius 1 is 1.05 bits per heavy atom. The molecule has 1 aromatic carbocycles. The number of benzene rings is 1. The minimum atomic E-state index is 0.313. The molecule has 2 aromatic rings. The minimum absolute atomic E-state index is 0.313. The second kappa shape index (κ2) is 5.71. The van der Waals surface area contributed by atoms with Gasteiger partial charge in [0.1, 0.15) is 5.82 Å². The van der Waals surface area contributed by atoms with Gasteiger partial charge < -0.3 is 20.1 Å². The van der Waals surface area contributed by atoms with E-state index in [2.05, 4.69) is 20.9 Å². The van der Waals surface area contributed by atoms with Crippen LogP contribution in [0.2, 0.25) is 0 Å². The van der Waals surface area contributed by atoms with Crippen molar-refractivity contribution in [2.24, 2.45) is 0 Å². The first kappa shape index (κ1) is 14.4. The van der Waals surface area contributed by atoms with Gasteiger partial charge in [0.25, 0.3) is 0 Å². The zero-order valence-electron chi connectivity index (χ0n) is 13.1. The summed E-state index contributed by atoms with van der Waals surface area (Å²) in [7, 11) is 3.31. The molecule has 22 heavy (non-hydrogen) atoms. The Balaban J connectivity index is 1.93. The average molecular weight is 300 g/mol. The van der Waals surface area contributed by atoms with Gasteiger partial charge in [-0.05, 0) is 36.6 Å². The molecule has 0 bridgehead atoms. The fourth-order valence-electron chi connectivity index (χ4n) is 2.82. The van der Waals surface area contributed by atoms with E-state index in [9.17, 15) is 0 Å². The highest BCUT2D eigenvalue weighted by atomic mass is 16.5. The number of hydrogen-bond donors (Lipinski definition) is 1.